The van der Waals surface area contributed by atoms with Crippen molar-refractivity contribution in [2.75, 3.05) is 18.0 Å². The van der Waals surface area contributed by atoms with Gasteiger partial charge in [0.05, 0.1) is 0 Å². The third-order valence-corrected chi connectivity index (χ3v) is 5.41. The third-order valence-electron chi connectivity index (χ3n) is 5.41. The van der Waals surface area contributed by atoms with E-state index in [9.17, 15) is 0 Å². The molecular weight excluding hydrogens is 266 g/mol. The minimum Gasteiger partial charge on any atom is -0.371 e. The molecule has 1 heterocycles. The lowest BCUT2D eigenvalue weighted by atomic mass is 9.96. The summed E-state index contributed by atoms with van der Waals surface area (Å²) in [6, 6.07) is 18.1. The Kier molecular flexibility index (Phi) is 2.43. The van der Waals surface area contributed by atoms with Crippen LogP contribution in [-0.4, -0.2) is 13.1 Å². The van der Waals surface area contributed by atoms with E-state index >= 15 is 0 Å². The number of likely N-dealkylation sites (N-methyl/N-ethyl adjacent to an activating group) is 1. The van der Waals surface area contributed by atoms with Gasteiger partial charge in [0.15, 0.2) is 0 Å². The van der Waals surface area contributed by atoms with E-state index < -0.39 is 0 Å². The molecule has 0 N–H and O–H groups in total. The maximum Gasteiger partial charge on any atom is 0.0405 e. The second-order valence-electron chi connectivity index (χ2n) is 6.42. The van der Waals surface area contributed by atoms with Gasteiger partial charge < -0.3 is 4.90 Å². The summed E-state index contributed by atoms with van der Waals surface area (Å²) in [5.74, 6) is 0. The lowest BCUT2D eigenvalue weighted by molar-refractivity contribution is 0.868. The highest BCUT2D eigenvalue weighted by Crippen LogP contribution is 2.46. The number of rotatable bonds is 1. The SMILES string of the molecule is CCN1CCc2c1ccc1c2-c2ccc3ccccc3c2C1. The van der Waals surface area contributed by atoms with E-state index in [0.717, 1.165) is 13.0 Å². The van der Waals surface area contributed by atoms with Crippen LogP contribution in [0.15, 0.2) is 48.5 Å². The van der Waals surface area contributed by atoms with Crippen LogP contribution in [0.3, 0.4) is 0 Å². The van der Waals surface area contributed by atoms with Crippen molar-refractivity contribution in [3.63, 3.8) is 0 Å². The number of hydrogen-bond acceptors (Lipinski definition) is 1. The van der Waals surface area contributed by atoms with Crippen molar-refractivity contribution in [1.82, 2.24) is 0 Å². The number of fused-ring (bicyclic) bond motifs is 7. The molecule has 2 aliphatic rings. The van der Waals surface area contributed by atoms with E-state index in [1.54, 1.807) is 5.56 Å². The molecular formula is C21H19N. The number of benzene rings is 3. The monoisotopic (exact) mass is 285 g/mol. The first kappa shape index (κ1) is 12.3. The molecule has 0 bridgehead atoms. The van der Waals surface area contributed by atoms with Crippen molar-refractivity contribution < 1.29 is 0 Å². The fraction of sp³-hybridized carbons (Fsp3) is 0.238. The fourth-order valence-electron chi connectivity index (χ4n) is 4.36. The Balaban J connectivity index is 1.80. The van der Waals surface area contributed by atoms with Crippen LogP contribution in [0.5, 0.6) is 0 Å². The van der Waals surface area contributed by atoms with Crippen molar-refractivity contribution in [2.24, 2.45) is 0 Å². The molecule has 1 nitrogen and oxygen atoms in total. The summed E-state index contributed by atoms with van der Waals surface area (Å²) < 4.78 is 0. The zero-order valence-corrected chi connectivity index (χ0v) is 12.9. The highest BCUT2D eigenvalue weighted by atomic mass is 15.1. The first-order valence-electron chi connectivity index (χ1n) is 8.27. The van der Waals surface area contributed by atoms with Gasteiger partial charge in [-0.1, -0.05) is 42.5 Å². The molecule has 0 amide bonds. The smallest absolute Gasteiger partial charge is 0.0405 e. The molecule has 0 saturated heterocycles. The predicted octanol–water partition coefficient (Wildman–Crippen LogP) is 4.79. The Morgan fingerprint density at radius 2 is 1.86 bits per heavy atom. The summed E-state index contributed by atoms with van der Waals surface area (Å²) in [6.07, 6.45) is 2.28. The van der Waals surface area contributed by atoms with Gasteiger partial charge in [0.2, 0.25) is 0 Å². The topological polar surface area (TPSA) is 3.24 Å². The van der Waals surface area contributed by atoms with E-state index in [1.807, 2.05) is 0 Å². The van der Waals surface area contributed by atoms with Crippen molar-refractivity contribution in [2.45, 2.75) is 19.8 Å². The van der Waals surface area contributed by atoms with Gasteiger partial charge in [-0.05, 0) is 64.4 Å². The maximum atomic E-state index is 2.51. The molecule has 5 rings (SSSR count). The van der Waals surface area contributed by atoms with Crippen molar-refractivity contribution >= 4 is 16.5 Å². The molecule has 1 aliphatic carbocycles. The highest BCUT2D eigenvalue weighted by Gasteiger charge is 2.28. The van der Waals surface area contributed by atoms with Gasteiger partial charge >= 0.3 is 0 Å². The molecule has 0 saturated carbocycles. The van der Waals surface area contributed by atoms with Crippen molar-refractivity contribution in [3.05, 3.63) is 65.2 Å². The van der Waals surface area contributed by atoms with Crippen LogP contribution in [0, 0.1) is 0 Å². The van der Waals surface area contributed by atoms with E-state index in [2.05, 4.69) is 60.4 Å². The van der Waals surface area contributed by atoms with Crippen LogP contribution in [0.25, 0.3) is 21.9 Å². The van der Waals surface area contributed by atoms with E-state index in [1.165, 1.54) is 51.7 Å². The molecule has 0 radical (unpaired) electrons. The third kappa shape index (κ3) is 1.49. The molecule has 3 aromatic rings. The van der Waals surface area contributed by atoms with E-state index in [0.29, 0.717) is 0 Å². The fourth-order valence-corrected chi connectivity index (χ4v) is 4.36. The minimum absolute atomic E-state index is 1.09. The summed E-state index contributed by atoms with van der Waals surface area (Å²) in [6.45, 7) is 4.53. The average Bonchev–Trinajstić information content (AvgIpc) is 3.15. The van der Waals surface area contributed by atoms with Crippen LogP contribution in [-0.2, 0) is 12.8 Å². The Morgan fingerprint density at radius 3 is 2.77 bits per heavy atom. The molecule has 0 atom stereocenters. The molecule has 22 heavy (non-hydrogen) atoms. The van der Waals surface area contributed by atoms with E-state index in [-0.39, 0.29) is 0 Å². The van der Waals surface area contributed by atoms with Crippen molar-refractivity contribution in [3.8, 4) is 11.1 Å². The molecule has 0 aromatic heterocycles. The Bertz CT molecular complexity index is 907. The standard InChI is InChI=1S/C21H19N/c1-2-22-12-11-18-20(22)10-8-15-13-19-16-6-4-3-5-14(16)7-9-17(19)21(15)18/h3-10H,2,11-13H2,1H3. The summed E-state index contributed by atoms with van der Waals surface area (Å²) in [7, 11) is 0. The average molecular weight is 285 g/mol. The van der Waals surface area contributed by atoms with Gasteiger partial charge in [0, 0.05) is 18.8 Å². The minimum atomic E-state index is 1.09. The predicted molar refractivity (Wildman–Crippen MR) is 93.8 cm³/mol. The van der Waals surface area contributed by atoms with Gasteiger partial charge in [-0.25, -0.2) is 0 Å². The van der Waals surface area contributed by atoms with Gasteiger partial charge in [-0.3, -0.25) is 0 Å². The normalized spacial score (nSPS) is 15.0. The Morgan fingerprint density at radius 1 is 0.955 bits per heavy atom. The number of hydrogen-bond donors (Lipinski definition) is 0. The van der Waals surface area contributed by atoms with E-state index in [4.69, 9.17) is 0 Å². The molecule has 3 aromatic carbocycles. The van der Waals surface area contributed by atoms with Gasteiger partial charge in [-0.2, -0.15) is 0 Å². The lowest BCUT2D eigenvalue weighted by Gasteiger charge is -2.17. The quantitative estimate of drug-likeness (QED) is 0.486. The lowest BCUT2D eigenvalue weighted by Crippen LogP contribution is -2.18. The zero-order chi connectivity index (χ0) is 14.7. The van der Waals surface area contributed by atoms with Crippen LogP contribution >= 0.6 is 0 Å². The van der Waals surface area contributed by atoms with Crippen LogP contribution in [0.2, 0.25) is 0 Å². The Labute approximate surface area is 131 Å². The molecule has 108 valence electrons. The molecule has 1 heteroatoms. The van der Waals surface area contributed by atoms with Crippen LogP contribution in [0.1, 0.15) is 23.6 Å². The largest absolute Gasteiger partial charge is 0.371 e. The van der Waals surface area contributed by atoms with Crippen LogP contribution in [0.4, 0.5) is 5.69 Å². The van der Waals surface area contributed by atoms with Gasteiger partial charge in [0.1, 0.15) is 0 Å². The molecule has 0 unspecified atom stereocenters. The van der Waals surface area contributed by atoms with Gasteiger partial charge in [0.25, 0.3) is 0 Å². The van der Waals surface area contributed by atoms with Crippen LogP contribution < -0.4 is 4.90 Å². The molecule has 0 fully saturated rings. The zero-order valence-electron chi connectivity index (χ0n) is 12.9. The first-order valence-corrected chi connectivity index (χ1v) is 8.27. The van der Waals surface area contributed by atoms with Crippen molar-refractivity contribution in [1.29, 1.82) is 0 Å². The second kappa shape index (κ2) is 4.36. The number of anilines is 1. The van der Waals surface area contributed by atoms with Gasteiger partial charge in [-0.15, -0.1) is 0 Å². The maximum absolute atomic E-state index is 2.51. The number of nitrogens with zero attached hydrogens (tertiary/aromatic N) is 1. The summed E-state index contributed by atoms with van der Waals surface area (Å²) >= 11 is 0. The first-order chi connectivity index (χ1) is 10.9. The summed E-state index contributed by atoms with van der Waals surface area (Å²) in [5.41, 5.74) is 9.09. The highest BCUT2D eigenvalue weighted by molar-refractivity contribution is 5.97. The second-order valence-corrected chi connectivity index (χ2v) is 6.42. The molecule has 1 aliphatic heterocycles. The molecule has 0 spiro atoms. The summed E-state index contributed by atoms with van der Waals surface area (Å²) in [4.78, 5) is 2.51. The summed E-state index contributed by atoms with van der Waals surface area (Å²) in [5, 5.41) is 2.79. The Hall–Kier alpha value is -2.28.